The van der Waals surface area contributed by atoms with Crippen molar-refractivity contribution in [3.8, 4) is 11.5 Å². The smallest absolute Gasteiger partial charge is 0.277 e. The number of carbonyl (C=O) groups excluding carboxylic acids is 1. The van der Waals surface area contributed by atoms with Gasteiger partial charge in [-0.2, -0.15) is 5.10 Å². The van der Waals surface area contributed by atoms with Crippen LogP contribution in [0.15, 0.2) is 52.0 Å². The monoisotopic (exact) mass is 376 g/mol. The van der Waals surface area contributed by atoms with E-state index < -0.39 is 0 Å². The molecule has 0 saturated heterocycles. The van der Waals surface area contributed by atoms with Gasteiger partial charge in [0.1, 0.15) is 11.5 Å². The first-order chi connectivity index (χ1) is 11.0. The summed E-state index contributed by atoms with van der Waals surface area (Å²) in [5.74, 6) is 0.322. The quantitative estimate of drug-likeness (QED) is 0.620. The van der Waals surface area contributed by atoms with E-state index in [-0.39, 0.29) is 18.3 Å². The molecule has 5 nitrogen and oxygen atoms in total. The van der Waals surface area contributed by atoms with E-state index in [1.54, 1.807) is 37.3 Å². The fourth-order valence-corrected chi connectivity index (χ4v) is 2.49. The van der Waals surface area contributed by atoms with Crippen molar-refractivity contribution in [1.82, 2.24) is 5.43 Å². The fraction of sp³-hybridized carbons (Fsp3) is 0.176. The number of ether oxygens (including phenoxy) is 1. The van der Waals surface area contributed by atoms with Gasteiger partial charge in [-0.25, -0.2) is 5.43 Å². The van der Waals surface area contributed by atoms with Crippen LogP contribution in [0.5, 0.6) is 11.5 Å². The maximum atomic E-state index is 11.8. The fourth-order valence-electron chi connectivity index (χ4n) is 1.88. The molecule has 2 N–H and O–H groups in total. The van der Waals surface area contributed by atoms with Crippen molar-refractivity contribution >= 4 is 27.5 Å². The maximum Gasteiger partial charge on any atom is 0.277 e. The molecule has 2 aromatic rings. The number of amides is 1. The van der Waals surface area contributed by atoms with Crippen molar-refractivity contribution in [2.75, 3.05) is 6.61 Å². The van der Waals surface area contributed by atoms with Crippen molar-refractivity contribution in [3.05, 3.63) is 58.1 Å². The third-order valence-corrected chi connectivity index (χ3v) is 3.71. The Morgan fingerprint density at radius 1 is 1.30 bits per heavy atom. The number of hydrogen-bond donors (Lipinski definition) is 2. The summed E-state index contributed by atoms with van der Waals surface area (Å²) in [4.78, 5) is 11.8. The lowest BCUT2D eigenvalue weighted by Crippen LogP contribution is -2.25. The van der Waals surface area contributed by atoms with Gasteiger partial charge in [0.15, 0.2) is 6.61 Å². The summed E-state index contributed by atoms with van der Waals surface area (Å²) in [6, 6.07) is 12.4. The number of carbonyl (C=O) groups is 1. The highest BCUT2D eigenvalue weighted by Crippen LogP contribution is 2.25. The molecule has 120 valence electrons. The van der Waals surface area contributed by atoms with Gasteiger partial charge in [0.05, 0.1) is 10.2 Å². The summed E-state index contributed by atoms with van der Waals surface area (Å²) in [5.41, 5.74) is 4.57. The standard InChI is InChI=1S/C17H17BrN2O3/c1-11-7-8-16(14(18)9-11)23-10-17(22)20-19-12(2)13-5-3-4-6-15(13)21/h3-9,21H,10H2,1-2H3,(H,20,22)/b19-12+. The highest BCUT2D eigenvalue weighted by molar-refractivity contribution is 9.10. The normalized spacial score (nSPS) is 11.2. The number of benzene rings is 2. The molecular weight excluding hydrogens is 360 g/mol. The van der Waals surface area contributed by atoms with Crippen molar-refractivity contribution in [1.29, 1.82) is 0 Å². The third kappa shape index (κ3) is 4.82. The van der Waals surface area contributed by atoms with Gasteiger partial charge in [-0.3, -0.25) is 4.79 Å². The molecule has 0 aromatic heterocycles. The zero-order chi connectivity index (χ0) is 16.8. The minimum Gasteiger partial charge on any atom is -0.507 e. The zero-order valence-electron chi connectivity index (χ0n) is 12.8. The second kappa shape index (κ2) is 7.78. The molecule has 0 spiro atoms. The molecule has 2 aromatic carbocycles. The molecule has 0 fully saturated rings. The lowest BCUT2D eigenvalue weighted by atomic mass is 10.1. The number of aromatic hydroxyl groups is 1. The van der Waals surface area contributed by atoms with E-state index in [4.69, 9.17) is 4.74 Å². The zero-order valence-corrected chi connectivity index (χ0v) is 14.4. The highest BCUT2D eigenvalue weighted by Gasteiger charge is 2.07. The Labute approximate surface area is 143 Å². The van der Waals surface area contributed by atoms with Crippen LogP contribution in [-0.4, -0.2) is 23.3 Å². The third-order valence-electron chi connectivity index (χ3n) is 3.09. The van der Waals surface area contributed by atoms with Gasteiger partial charge in [0.2, 0.25) is 0 Å². The second-order valence-electron chi connectivity index (χ2n) is 4.97. The van der Waals surface area contributed by atoms with Crippen LogP contribution < -0.4 is 10.2 Å². The first-order valence-electron chi connectivity index (χ1n) is 6.98. The molecule has 0 aliphatic rings. The van der Waals surface area contributed by atoms with Gasteiger partial charge < -0.3 is 9.84 Å². The average molecular weight is 377 g/mol. The van der Waals surface area contributed by atoms with Gasteiger partial charge >= 0.3 is 0 Å². The number of rotatable bonds is 5. The number of halogens is 1. The van der Waals surface area contributed by atoms with Crippen LogP contribution in [0, 0.1) is 6.92 Å². The lowest BCUT2D eigenvalue weighted by molar-refractivity contribution is -0.123. The molecule has 6 heteroatoms. The van der Waals surface area contributed by atoms with Gasteiger partial charge in [0.25, 0.3) is 5.91 Å². The number of nitrogens with zero attached hydrogens (tertiary/aromatic N) is 1. The summed E-state index contributed by atoms with van der Waals surface area (Å²) in [5, 5.41) is 13.7. The van der Waals surface area contributed by atoms with Crippen molar-refractivity contribution in [2.24, 2.45) is 5.10 Å². The summed E-state index contributed by atoms with van der Waals surface area (Å²) in [6.45, 7) is 3.52. The maximum absolute atomic E-state index is 11.8. The number of nitrogens with one attached hydrogen (secondary N) is 1. The van der Waals surface area contributed by atoms with Crippen molar-refractivity contribution in [3.63, 3.8) is 0 Å². The highest BCUT2D eigenvalue weighted by atomic mass is 79.9. The minimum absolute atomic E-state index is 0.114. The topological polar surface area (TPSA) is 70.9 Å². The second-order valence-corrected chi connectivity index (χ2v) is 5.83. The molecule has 0 saturated carbocycles. The van der Waals surface area contributed by atoms with Crippen LogP contribution in [0.2, 0.25) is 0 Å². The Bertz CT molecular complexity index is 744. The van der Waals surface area contributed by atoms with E-state index in [0.717, 1.165) is 10.0 Å². The van der Waals surface area contributed by atoms with Crippen molar-refractivity contribution in [2.45, 2.75) is 13.8 Å². The molecule has 0 aliphatic carbocycles. The molecule has 0 radical (unpaired) electrons. The summed E-state index contributed by atoms with van der Waals surface area (Å²) >= 11 is 3.39. The van der Waals surface area contributed by atoms with E-state index in [1.807, 2.05) is 19.1 Å². The molecule has 0 unspecified atom stereocenters. The summed E-state index contributed by atoms with van der Waals surface area (Å²) in [6.07, 6.45) is 0. The van der Waals surface area contributed by atoms with Crippen LogP contribution in [0.4, 0.5) is 0 Å². The minimum atomic E-state index is -0.382. The number of phenols is 1. The Morgan fingerprint density at radius 3 is 2.74 bits per heavy atom. The van der Waals surface area contributed by atoms with Gasteiger partial charge in [-0.05, 0) is 59.6 Å². The van der Waals surface area contributed by atoms with Crippen LogP contribution >= 0.6 is 15.9 Å². The Balaban J connectivity index is 1.92. The van der Waals surface area contributed by atoms with E-state index in [1.165, 1.54) is 0 Å². The van der Waals surface area contributed by atoms with E-state index in [2.05, 4.69) is 26.5 Å². The first-order valence-corrected chi connectivity index (χ1v) is 7.77. The molecule has 0 heterocycles. The van der Waals surface area contributed by atoms with Crippen LogP contribution in [0.3, 0.4) is 0 Å². The Hall–Kier alpha value is -2.34. The largest absolute Gasteiger partial charge is 0.507 e. The van der Waals surface area contributed by atoms with Gasteiger partial charge in [-0.1, -0.05) is 18.2 Å². The molecule has 2 rings (SSSR count). The number of aryl methyl sites for hydroxylation is 1. The number of phenolic OH excluding ortho intramolecular Hbond substituents is 1. The molecule has 1 amide bonds. The molecule has 0 atom stereocenters. The van der Waals surface area contributed by atoms with Gasteiger partial charge in [-0.15, -0.1) is 0 Å². The van der Waals surface area contributed by atoms with Gasteiger partial charge in [0, 0.05) is 5.56 Å². The van der Waals surface area contributed by atoms with E-state index in [0.29, 0.717) is 17.0 Å². The number of hydrazone groups is 1. The number of para-hydroxylation sites is 1. The number of hydrogen-bond acceptors (Lipinski definition) is 4. The predicted molar refractivity (Wildman–Crippen MR) is 92.8 cm³/mol. The predicted octanol–water partition coefficient (Wildman–Crippen LogP) is 3.38. The van der Waals surface area contributed by atoms with Crippen molar-refractivity contribution < 1.29 is 14.6 Å². The van der Waals surface area contributed by atoms with Crippen LogP contribution in [0.25, 0.3) is 0 Å². The first kappa shape index (κ1) is 17.0. The molecule has 23 heavy (non-hydrogen) atoms. The molecular formula is C17H17BrN2O3. The Morgan fingerprint density at radius 2 is 2.04 bits per heavy atom. The molecule has 0 bridgehead atoms. The Kier molecular flexibility index (Phi) is 5.76. The average Bonchev–Trinajstić information content (AvgIpc) is 2.52. The summed E-state index contributed by atoms with van der Waals surface area (Å²) < 4.78 is 6.23. The SMILES string of the molecule is C/C(=N\NC(=O)COc1ccc(C)cc1Br)c1ccccc1O. The van der Waals surface area contributed by atoms with Crippen LogP contribution in [0.1, 0.15) is 18.1 Å². The lowest BCUT2D eigenvalue weighted by Gasteiger charge is -2.08. The van der Waals surface area contributed by atoms with Crippen LogP contribution in [-0.2, 0) is 4.79 Å². The van der Waals surface area contributed by atoms with E-state index in [9.17, 15) is 9.90 Å². The molecule has 0 aliphatic heterocycles. The van der Waals surface area contributed by atoms with E-state index >= 15 is 0 Å². The summed E-state index contributed by atoms with van der Waals surface area (Å²) in [7, 11) is 0.